The molecule has 0 radical (unpaired) electrons. The van der Waals surface area contributed by atoms with Crippen molar-refractivity contribution in [3.63, 3.8) is 0 Å². The molecule has 1 fully saturated rings. The van der Waals surface area contributed by atoms with Gasteiger partial charge in [0.25, 0.3) is 11.6 Å². The van der Waals surface area contributed by atoms with Gasteiger partial charge >= 0.3 is 11.8 Å². The highest BCUT2D eigenvalue weighted by Gasteiger charge is 2.23. The summed E-state index contributed by atoms with van der Waals surface area (Å²) in [5.74, 6) is -1.58. The summed E-state index contributed by atoms with van der Waals surface area (Å²) in [6, 6.07) is 12.7. The van der Waals surface area contributed by atoms with Gasteiger partial charge in [-0.3, -0.25) is 29.4 Å². The number of nitro groups is 1. The molecule has 2 aromatic carbocycles. The Morgan fingerprint density at radius 2 is 1.56 bits per heavy atom. The zero-order valence-corrected chi connectivity index (χ0v) is 17.7. The molecule has 168 valence electrons. The van der Waals surface area contributed by atoms with E-state index in [0.717, 1.165) is 5.56 Å². The number of amides is 3. The molecule has 0 bridgehead atoms. The van der Waals surface area contributed by atoms with Crippen molar-refractivity contribution in [3.8, 4) is 0 Å². The molecule has 0 saturated carbocycles. The average molecular weight is 439 g/mol. The van der Waals surface area contributed by atoms with Crippen molar-refractivity contribution in [1.29, 1.82) is 0 Å². The van der Waals surface area contributed by atoms with Crippen molar-refractivity contribution in [2.45, 2.75) is 6.92 Å². The average Bonchev–Trinajstić information content (AvgIpc) is 2.80. The standard InChI is InChI=1S/C22H25N5O5/c1-16-2-6-18(7-3-16)24-21(29)20(28)23-10-11-25-12-14-26(15-13-25)22(30)17-4-8-19(9-5-17)27(31)32/h2-9H,10-15H2,1H3,(H,23,28)(H,24,29). The zero-order chi connectivity index (χ0) is 23.1. The lowest BCUT2D eigenvalue weighted by Crippen LogP contribution is -2.50. The van der Waals surface area contributed by atoms with E-state index in [1.165, 1.54) is 24.3 Å². The highest BCUT2D eigenvalue weighted by molar-refractivity contribution is 6.39. The number of non-ortho nitro benzene ring substituents is 1. The van der Waals surface area contributed by atoms with Crippen LogP contribution in [0.1, 0.15) is 15.9 Å². The van der Waals surface area contributed by atoms with Crippen LogP contribution in [0.25, 0.3) is 0 Å². The molecule has 1 heterocycles. The summed E-state index contributed by atoms with van der Waals surface area (Å²) in [7, 11) is 0. The molecule has 0 aromatic heterocycles. The first-order chi connectivity index (χ1) is 15.3. The van der Waals surface area contributed by atoms with Gasteiger partial charge in [0.2, 0.25) is 0 Å². The van der Waals surface area contributed by atoms with Crippen LogP contribution < -0.4 is 10.6 Å². The fourth-order valence-electron chi connectivity index (χ4n) is 3.32. The number of nitrogens with zero attached hydrogens (tertiary/aromatic N) is 3. The van der Waals surface area contributed by atoms with Gasteiger partial charge in [0.15, 0.2) is 0 Å². The molecule has 3 amide bonds. The summed E-state index contributed by atoms with van der Waals surface area (Å²) in [6.45, 7) is 5.09. The molecule has 1 saturated heterocycles. The predicted molar refractivity (Wildman–Crippen MR) is 118 cm³/mol. The maximum atomic E-state index is 12.6. The summed E-state index contributed by atoms with van der Waals surface area (Å²) in [6.07, 6.45) is 0. The van der Waals surface area contributed by atoms with Gasteiger partial charge in [0, 0.05) is 62.7 Å². The van der Waals surface area contributed by atoms with Crippen LogP contribution in [-0.4, -0.2) is 71.7 Å². The molecule has 0 unspecified atom stereocenters. The monoisotopic (exact) mass is 439 g/mol. The third kappa shape index (κ3) is 6.11. The molecule has 0 spiro atoms. The molecule has 0 aliphatic carbocycles. The number of nitrogens with one attached hydrogen (secondary N) is 2. The lowest BCUT2D eigenvalue weighted by atomic mass is 10.1. The van der Waals surface area contributed by atoms with Crippen LogP contribution in [-0.2, 0) is 9.59 Å². The molecule has 10 nitrogen and oxygen atoms in total. The molecule has 10 heteroatoms. The minimum Gasteiger partial charge on any atom is -0.347 e. The van der Waals surface area contributed by atoms with Gasteiger partial charge in [-0.25, -0.2) is 0 Å². The summed E-state index contributed by atoms with van der Waals surface area (Å²) in [5.41, 5.74) is 1.98. The maximum absolute atomic E-state index is 12.6. The zero-order valence-electron chi connectivity index (χ0n) is 17.7. The van der Waals surface area contributed by atoms with Crippen LogP contribution in [0.2, 0.25) is 0 Å². The Labute approximate surface area is 185 Å². The first kappa shape index (κ1) is 22.9. The van der Waals surface area contributed by atoms with Crippen molar-refractivity contribution < 1.29 is 19.3 Å². The van der Waals surface area contributed by atoms with Gasteiger partial charge in [-0.05, 0) is 31.2 Å². The number of anilines is 1. The van der Waals surface area contributed by atoms with E-state index in [4.69, 9.17) is 0 Å². The van der Waals surface area contributed by atoms with Crippen molar-refractivity contribution >= 4 is 29.1 Å². The molecule has 3 rings (SSSR count). The van der Waals surface area contributed by atoms with Crippen molar-refractivity contribution in [2.75, 3.05) is 44.6 Å². The van der Waals surface area contributed by atoms with E-state index in [1.807, 2.05) is 19.1 Å². The molecular weight excluding hydrogens is 414 g/mol. The van der Waals surface area contributed by atoms with Gasteiger partial charge in [0.1, 0.15) is 0 Å². The second kappa shape index (κ2) is 10.5. The van der Waals surface area contributed by atoms with E-state index in [-0.39, 0.29) is 11.6 Å². The third-order valence-corrected chi connectivity index (χ3v) is 5.21. The fourth-order valence-corrected chi connectivity index (χ4v) is 3.32. The number of hydrogen-bond acceptors (Lipinski definition) is 6. The molecule has 32 heavy (non-hydrogen) atoms. The smallest absolute Gasteiger partial charge is 0.313 e. The van der Waals surface area contributed by atoms with Crippen LogP contribution in [0.3, 0.4) is 0 Å². The Bertz CT molecular complexity index is 983. The third-order valence-electron chi connectivity index (χ3n) is 5.21. The minimum atomic E-state index is -0.715. The van der Waals surface area contributed by atoms with Crippen LogP contribution >= 0.6 is 0 Å². The number of rotatable bonds is 6. The SMILES string of the molecule is Cc1ccc(NC(=O)C(=O)NCCN2CCN(C(=O)c3ccc([N+](=O)[O-])cc3)CC2)cc1. The van der Waals surface area contributed by atoms with E-state index in [1.54, 1.807) is 17.0 Å². The van der Waals surface area contributed by atoms with Gasteiger partial charge < -0.3 is 15.5 Å². The topological polar surface area (TPSA) is 125 Å². The number of aryl methyl sites for hydroxylation is 1. The number of nitro benzene ring substituents is 1. The fraction of sp³-hybridized carbons (Fsp3) is 0.318. The van der Waals surface area contributed by atoms with E-state index < -0.39 is 16.7 Å². The van der Waals surface area contributed by atoms with E-state index >= 15 is 0 Å². The van der Waals surface area contributed by atoms with Crippen molar-refractivity contribution in [3.05, 3.63) is 69.8 Å². The summed E-state index contributed by atoms with van der Waals surface area (Å²) in [4.78, 5) is 50.6. The number of benzene rings is 2. The number of piperazine rings is 1. The van der Waals surface area contributed by atoms with E-state index in [9.17, 15) is 24.5 Å². The first-order valence-corrected chi connectivity index (χ1v) is 10.3. The molecule has 1 aliphatic heterocycles. The molecule has 1 aliphatic rings. The normalized spacial score (nSPS) is 14.0. The van der Waals surface area contributed by atoms with Crippen LogP contribution in [0.5, 0.6) is 0 Å². The highest BCUT2D eigenvalue weighted by Crippen LogP contribution is 2.14. The quantitative estimate of drug-likeness (QED) is 0.398. The lowest BCUT2D eigenvalue weighted by molar-refractivity contribution is -0.384. The Morgan fingerprint density at radius 3 is 2.16 bits per heavy atom. The predicted octanol–water partition coefficient (Wildman–Crippen LogP) is 1.42. The van der Waals surface area contributed by atoms with Crippen LogP contribution in [0.15, 0.2) is 48.5 Å². The van der Waals surface area contributed by atoms with Gasteiger partial charge in [0.05, 0.1) is 4.92 Å². The molecule has 0 atom stereocenters. The second-order valence-electron chi connectivity index (χ2n) is 7.51. The second-order valence-corrected chi connectivity index (χ2v) is 7.51. The number of carbonyl (C=O) groups is 3. The van der Waals surface area contributed by atoms with Crippen LogP contribution in [0, 0.1) is 17.0 Å². The highest BCUT2D eigenvalue weighted by atomic mass is 16.6. The van der Waals surface area contributed by atoms with Gasteiger partial charge in [-0.1, -0.05) is 17.7 Å². The van der Waals surface area contributed by atoms with Crippen molar-refractivity contribution in [1.82, 2.24) is 15.1 Å². The largest absolute Gasteiger partial charge is 0.347 e. The van der Waals surface area contributed by atoms with Gasteiger partial charge in [-0.2, -0.15) is 0 Å². The number of carbonyl (C=O) groups excluding carboxylic acids is 3. The van der Waals surface area contributed by atoms with E-state index in [0.29, 0.717) is 50.5 Å². The Kier molecular flexibility index (Phi) is 7.50. The summed E-state index contributed by atoms with van der Waals surface area (Å²) in [5, 5.41) is 15.9. The minimum absolute atomic E-state index is 0.0547. The first-order valence-electron chi connectivity index (χ1n) is 10.3. The van der Waals surface area contributed by atoms with E-state index in [2.05, 4.69) is 15.5 Å². The van der Waals surface area contributed by atoms with Gasteiger partial charge in [-0.15, -0.1) is 0 Å². The van der Waals surface area contributed by atoms with Crippen LogP contribution in [0.4, 0.5) is 11.4 Å². The summed E-state index contributed by atoms with van der Waals surface area (Å²) >= 11 is 0. The number of hydrogen-bond donors (Lipinski definition) is 2. The molecule has 2 aromatic rings. The maximum Gasteiger partial charge on any atom is 0.313 e. The Morgan fingerprint density at radius 1 is 0.938 bits per heavy atom. The molecule has 2 N–H and O–H groups in total. The summed E-state index contributed by atoms with van der Waals surface area (Å²) < 4.78 is 0. The Balaban J connectivity index is 1.38. The Hall–Kier alpha value is -3.79. The molecular formula is C22H25N5O5. The lowest BCUT2D eigenvalue weighted by Gasteiger charge is -2.34. The van der Waals surface area contributed by atoms with Crippen molar-refractivity contribution in [2.24, 2.45) is 0 Å².